The fourth-order valence-electron chi connectivity index (χ4n) is 2.25. The van der Waals surface area contributed by atoms with Gasteiger partial charge >= 0.3 is 0 Å². The first-order valence-corrected chi connectivity index (χ1v) is 7.09. The zero-order valence-electron chi connectivity index (χ0n) is 9.98. The summed E-state index contributed by atoms with van der Waals surface area (Å²) in [7, 11) is 0. The van der Waals surface area contributed by atoms with Gasteiger partial charge in [-0.2, -0.15) is 11.8 Å². The molecule has 0 aromatic carbocycles. The molecule has 0 saturated heterocycles. The maximum Gasteiger partial charge on any atom is 0.0565 e. The molecule has 15 heavy (non-hydrogen) atoms. The molecule has 0 aromatic heterocycles. The van der Waals surface area contributed by atoms with Crippen molar-refractivity contribution < 1.29 is 5.11 Å². The molecule has 0 aromatic rings. The maximum atomic E-state index is 9.37. The van der Waals surface area contributed by atoms with Gasteiger partial charge < -0.3 is 10.8 Å². The molecule has 3 heteroatoms. The van der Waals surface area contributed by atoms with Gasteiger partial charge in [-0.15, -0.1) is 0 Å². The predicted molar refractivity (Wildman–Crippen MR) is 68.2 cm³/mol. The van der Waals surface area contributed by atoms with Crippen molar-refractivity contribution in [3.05, 3.63) is 0 Å². The molecular formula is C12H25NOS. The van der Waals surface area contributed by atoms with Gasteiger partial charge in [-0.05, 0) is 25.2 Å². The molecule has 1 aliphatic rings. The maximum absolute atomic E-state index is 9.37. The quantitative estimate of drug-likeness (QED) is 0.738. The van der Waals surface area contributed by atoms with E-state index in [0.717, 1.165) is 11.7 Å². The number of hydrogen-bond acceptors (Lipinski definition) is 3. The molecule has 1 saturated carbocycles. The molecule has 1 rings (SSSR count). The van der Waals surface area contributed by atoms with E-state index in [-0.39, 0.29) is 17.9 Å². The Balaban J connectivity index is 2.32. The molecule has 0 spiro atoms. The van der Waals surface area contributed by atoms with Crippen molar-refractivity contribution >= 4 is 11.8 Å². The molecule has 1 fully saturated rings. The van der Waals surface area contributed by atoms with Gasteiger partial charge in [-0.3, -0.25) is 0 Å². The second-order valence-corrected chi connectivity index (χ2v) is 6.60. The van der Waals surface area contributed by atoms with Gasteiger partial charge in [0.1, 0.15) is 0 Å². The SMILES string of the molecule is CC(C)CC(N)C(CO)SC1CCCC1. The van der Waals surface area contributed by atoms with Crippen LogP contribution in [0, 0.1) is 5.92 Å². The minimum absolute atomic E-state index is 0.153. The zero-order valence-corrected chi connectivity index (χ0v) is 10.8. The summed E-state index contributed by atoms with van der Waals surface area (Å²) < 4.78 is 0. The Hall–Kier alpha value is 0.270. The third kappa shape index (κ3) is 4.75. The standard InChI is InChI=1S/C12H25NOS/c1-9(2)7-11(13)12(8-14)15-10-5-3-4-6-10/h9-12,14H,3-8,13H2,1-2H3. The average Bonchev–Trinajstić information content (AvgIpc) is 2.65. The molecule has 0 heterocycles. The van der Waals surface area contributed by atoms with Gasteiger partial charge in [-0.1, -0.05) is 26.7 Å². The summed E-state index contributed by atoms with van der Waals surface area (Å²) >= 11 is 1.93. The van der Waals surface area contributed by atoms with Crippen molar-refractivity contribution in [2.45, 2.75) is 62.5 Å². The van der Waals surface area contributed by atoms with Crippen LogP contribution in [0.15, 0.2) is 0 Å². The summed E-state index contributed by atoms with van der Waals surface area (Å²) in [5.41, 5.74) is 6.13. The topological polar surface area (TPSA) is 46.2 Å². The summed E-state index contributed by atoms with van der Waals surface area (Å²) in [6.07, 6.45) is 6.36. The molecule has 90 valence electrons. The first-order chi connectivity index (χ1) is 7.13. The summed E-state index contributed by atoms with van der Waals surface area (Å²) in [5, 5.41) is 10.4. The molecular weight excluding hydrogens is 206 g/mol. The highest BCUT2D eigenvalue weighted by molar-refractivity contribution is 8.00. The van der Waals surface area contributed by atoms with Crippen LogP contribution < -0.4 is 5.73 Å². The van der Waals surface area contributed by atoms with Crippen LogP contribution >= 0.6 is 11.8 Å². The average molecular weight is 231 g/mol. The van der Waals surface area contributed by atoms with Crippen LogP contribution in [0.3, 0.4) is 0 Å². The third-order valence-electron chi connectivity index (χ3n) is 3.07. The minimum Gasteiger partial charge on any atom is -0.395 e. The van der Waals surface area contributed by atoms with E-state index in [2.05, 4.69) is 13.8 Å². The molecule has 3 N–H and O–H groups in total. The second kappa shape index (κ2) is 6.77. The number of aliphatic hydroxyl groups excluding tert-OH is 1. The number of hydrogen-bond donors (Lipinski definition) is 2. The minimum atomic E-state index is 0.153. The van der Waals surface area contributed by atoms with Gasteiger partial charge in [0, 0.05) is 16.5 Å². The van der Waals surface area contributed by atoms with Crippen LogP contribution in [0.5, 0.6) is 0 Å². The van der Waals surface area contributed by atoms with E-state index < -0.39 is 0 Å². The fraction of sp³-hybridized carbons (Fsp3) is 1.00. The van der Waals surface area contributed by atoms with Crippen molar-refractivity contribution in [2.75, 3.05) is 6.61 Å². The number of nitrogens with two attached hydrogens (primary N) is 1. The number of rotatable bonds is 6. The lowest BCUT2D eigenvalue weighted by Crippen LogP contribution is -2.37. The van der Waals surface area contributed by atoms with Crippen LogP contribution in [0.2, 0.25) is 0 Å². The van der Waals surface area contributed by atoms with Crippen LogP contribution in [0.25, 0.3) is 0 Å². The number of aliphatic hydroxyl groups is 1. The van der Waals surface area contributed by atoms with Gasteiger partial charge in [-0.25, -0.2) is 0 Å². The Labute approximate surface area is 98.0 Å². The lowest BCUT2D eigenvalue weighted by Gasteiger charge is -2.25. The van der Waals surface area contributed by atoms with Crippen molar-refractivity contribution in [1.82, 2.24) is 0 Å². The van der Waals surface area contributed by atoms with Crippen molar-refractivity contribution in [3.8, 4) is 0 Å². The Morgan fingerprint density at radius 3 is 2.40 bits per heavy atom. The van der Waals surface area contributed by atoms with Crippen molar-refractivity contribution in [3.63, 3.8) is 0 Å². The van der Waals surface area contributed by atoms with Crippen LogP contribution in [-0.4, -0.2) is 28.3 Å². The third-order valence-corrected chi connectivity index (χ3v) is 4.78. The van der Waals surface area contributed by atoms with E-state index >= 15 is 0 Å². The fourth-order valence-corrected chi connectivity index (χ4v) is 3.75. The van der Waals surface area contributed by atoms with E-state index in [1.165, 1.54) is 25.7 Å². The molecule has 0 radical (unpaired) electrons. The summed E-state index contributed by atoms with van der Waals surface area (Å²) in [4.78, 5) is 0. The summed E-state index contributed by atoms with van der Waals surface area (Å²) in [5.74, 6) is 0.623. The second-order valence-electron chi connectivity index (χ2n) is 5.06. The van der Waals surface area contributed by atoms with Gasteiger partial charge in [0.05, 0.1) is 6.61 Å². The molecule has 0 bridgehead atoms. The van der Waals surface area contributed by atoms with E-state index in [1.807, 2.05) is 11.8 Å². The van der Waals surface area contributed by atoms with Crippen molar-refractivity contribution in [2.24, 2.45) is 11.7 Å². The van der Waals surface area contributed by atoms with Crippen molar-refractivity contribution in [1.29, 1.82) is 0 Å². The van der Waals surface area contributed by atoms with E-state index in [9.17, 15) is 5.11 Å². The Bertz CT molecular complexity index is 169. The van der Waals surface area contributed by atoms with Gasteiger partial charge in [0.15, 0.2) is 0 Å². The highest BCUT2D eigenvalue weighted by Crippen LogP contribution is 2.33. The highest BCUT2D eigenvalue weighted by atomic mass is 32.2. The molecule has 2 nitrogen and oxygen atoms in total. The molecule has 0 amide bonds. The first-order valence-electron chi connectivity index (χ1n) is 6.15. The number of thioether (sulfide) groups is 1. The largest absolute Gasteiger partial charge is 0.395 e. The van der Waals surface area contributed by atoms with Gasteiger partial charge in [0.2, 0.25) is 0 Å². The van der Waals surface area contributed by atoms with Crippen LogP contribution in [-0.2, 0) is 0 Å². The summed E-state index contributed by atoms with van der Waals surface area (Å²) in [6, 6.07) is 0.153. The van der Waals surface area contributed by atoms with E-state index in [0.29, 0.717) is 5.92 Å². The first kappa shape index (κ1) is 13.3. The lowest BCUT2D eigenvalue weighted by atomic mass is 10.0. The zero-order chi connectivity index (χ0) is 11.3. The van der Waals surface area contributed by atoms with E-state index in [1.54, 1.807) is 0 Å². The normalized spacial score (nSPS) is 22.2. The monoisotopic (exact) mass is 231 g/mol. The lowest BCUT2D eigenvalue weighted by molar-refractivity contribution is 0.274. The molecule has 2 atom stereocenters. The molecule has 2 unspecified atom stereocenters. The summed E-state index contributed by atoms with van der Waals surface area (Å²) in [6.45, 7) is 4.61. The Morgan fingerprint density at radius 1 is 1.33 bits per heavy atom. The van der Waals surface area contributed by atoms with Crippen LogP contribution in [0.4, 0.5) is 0 Å². The Morgan fingerprint density at radius 2 is 1.93 bits per heavy atom. The predicted octanol–water partition coefficient (Wildman–Crippen LogP) is 2.40. The van der Waals surface area contributed by atoms with E-state index in [4.69, 9.17) is 5.73 Å². The molecule has 0 aliphatic heterocycles. The smallest absolute Gasteiger partial charge is 0.0565 e. The van der Waals surface area contributed by atoms with Crippen LogP contribution in [0.1, 0.15) is 46.0 Å². The van der Waals surface area contributed by atoms with Gasteiger partial charge in [0.25, 0.3) is 0 Å². The Kier molecular flexibility index (Phi) is 6.02. The highest BCUT2D eigenvalue weighted by Gasteiger charge is 2.24. The molecule has 1 aliphatic carbocycles.